The Morgan fingerprint density at radius 3 is 2.78 bits per heavy atom. The third-order valence-electron chi connectivity index (χ3n) is 3.92. The molecule has 2 N–H and O–H groups in total. The van der Waals surface area contributed by atoms with Crippen LogP contribution >= 0.6 is 12.4 Å². The van der Waals surface area contributed by atoms with Gasteiger partial charge < -0.3 is 20.1 Å². The lowest BCUT2D eigenvalue weighted by atomic mass is 9.97. The molecule has 1 fully saturated rings. The summed E-state index contributed by atoms with van der Waals surface area (Å²) in [5, 5.41) is 6.23. The molecule has 1 saturated heterocycles. The molecule has 1 aromatic carbocycles. The van der Waals surface area contributed by atoms with E-state index >= 15 is 0 Å². The summed E-state index contributed by atoms with van der Waals surface area (Å²) in [6.45, 7) is 1.63. The van der Waals surface area contributed by atoms with Gasteiger partial charge in [-0.1, -0.05) is 6.07 Å². The molecule has 7 heteroatoms. The van der Waals surface area contributed by atoms with Crippen molar-refractivity contribution in [2.75, 3.05) is 20.2 Å². The molecule has 2 aliphatic rings. The molecule has 124 valence electrons. The van der Waals surface area contributed by atoms with Gasteiger partial charge in [0.1, 0.15) is 5.75 Å². The van der Waals surface area contributed by atoms with Gasteiger partial charge in [0.2, 0.25) is 0 Å². The number of amides is 1. The fourth-order valence-electron chi connectivity index (χ4n) is 2.72. The Morgan fingerprint density at radius 2 is 2.09 bits per heavy atom. The molecule has 23 heavy (non-hydrogen) atoms. The maximum atomic E-state index is 12.4. The van der Waals surface area contributed by atoms with E-state index in [0.29, 0.717) is 11.3 Å². The highest BCUT2D eigenvalue weighted by molar-refractivity contribution is 5.99. The van der Waals surface area contributed by atoms with Gasteiger partial charge in [-0.15, -0.1) is 12.4 Å². The van der Waals surface area contributed by atoms with E-state index < -0.39 is 11.7 Å². The predicted molar refractivity (Wildman–Crippen MR) is 87.7 cm³/mol. The quantitative estimate of drug-likeness (QED) is 0.631. The molecule has 1 amide bonds. The number of methoxy groups -OCH3 is 1. The summed E-state index contributed by atoms with van der Waals surface area (Å²) >= 11 is 0. The van der Waals surface area contributed by atoms with Crippen LogP contribution < -0.4 is 15.4 Å². The van der Waals surface area contributed by atoms with Crippen LogP contribution in [0.4, 0.5) is 0 Å². The summed E-state index contributed by atoms with van der Waals surface area (Å²) < 4.78 is 10.6. The highest BCUT2D eigenvalue weighted by Crippen LogP contribution is 2.32. The number of ether oxygens (including phenoxy) is 2. The fraction of sp³-hybridized carbons (Fsp3) is 0.375. The highest BCUT2D eigenvalue weighted by atomic mass is 35.5. The van der Waals surface area contributed by atoms with Gasteiger partial charge in [-0.25, -0.2) is 4.79 Å². The van der Waals surface area contributed by atoms with E-state index in [1.807, 2.05) is 6.07 Å². The number of rotatable bonds is 2. The first kappa shape index (κ1) is 17.3. The molecule has 0 bridgehead atoms. The Kier molecular flexibility index (Phi) is 5.28. The average molecular weight is 339 g/mol. The second-order valence-electron chi connectivity index (χ2n) is 5.41. The summed E-state index contributed by atoms with van der Waals surface area (Å²) in [5.74, 6) is 0.00409. The standard InChI is InChI=1S/C16H18N2O4.ClH/c1-21-14(19)5-3-11-2-4-13-12(10-11)15(20)18-16(22-13)6-8-17-9-7-16;/h2-5,10,17H,6-9H2,1H3,(H,18,20);1H. The van der Waals surface area contributed by atoms with Gasteiger partial charge in [0.05, 0.1) is 12.7 Å². The monoisotopic (exact) mass is 338 g/mol. The second-order valence-corrected chi connectivity index (χ2v) is 5.41. The molecule has 0 atom stereocenters. The van der Waals surface area contributed by atoms with E-state index in [1.165, 1.54) is 13.2 Å². The van der Waals surface area contributed by atoms with Crippen LogP contribution in [0.1, 0.15) is 28.8 Å². The number of halogens is 1. The number of carbonyl (C=O) groups excluding carboxylic acids is 2. The van der Waals surface area contributed by atoms with E-state index in [0.717, 1.165) is 31.5 Å². The molecule has 0 saturated carbocycles. The Hall–Kier alpha value is -2.05. The first-order valence-corrected chi connectivity index (χ1v) is 7.24. The van der Waals surface area contributed by atoms with Crippen LogP contribution in [0, 0.1) is 0 Å². The number of piperidine rings is 1. The summed E-state index contributed by atoms with van der Waals surface area (Å²) in [6, 6.07) is 5.29. The van der Waals surface area contributed by atoms with Crippen molar-refractivity contribution in [2.24, 2.45) is 0 Å². The van der Waals surface area contributed by atoms with Gasteiger partial charge in [0, 0.05) is 32.0 Å². The molecule has 0 aliphatic carbocycles. The zero-order valence-corrected chi connectivity index (χ0v) is 13.6. The largest absolute Gasteiger partial charge is 0.467 e. The lowest BCUT2D eigenvalue weighted by Crippen LogP contribution is -2.60. The molecular formula is C16H19ClN2O4. The summed E-state index contributed by atoms with van der Waals surface area (Å²) in [5.41, 5.74) is 0.624. The minimum Gasteiger partial charge on any atom is -0.467 e. The van der Waals surface area contributed by atoms with Gasteiger partial charge in [-0.2, -0.15) is 0 Å². The molecule has 0 radical (unpaired) electrons. The molecular weight excluding hydrogens is 320 g/mol. The minimum atomic E-state index is -0.599. The number of nitrogens with one attached hydrogen (secondary N) is 2. The molecule has 6 nitrogen and oxygen atoms in total. The Bertz CT molecular complexity index is 639. The van der Waals surface area contributed by atoms with Crippen molar-refractivity contribution in [1.82, 2.24) is 10.6 Å². The Morgan fingerprint density at radius 1 is 1.35 bits per heavy atom. The molecule has 0 aromatic heterocycles. The topological polar surface area (TPSA) is 76.7 Å². The molecule has 0 unspecified atom stereocenters. The molecule has 2 heterocycles. The van der Waals surface area contributed by atoms with Gasteiger partial charge in [0.15, 0.2) is 5.72 Å². The summed E-state index contributed by atoms with van der Waals surface area (Å²) in [7, 11) is 1.32. The highest BCUT2D eigenvalue weighted by Gasteiger charge is 2.40. The van der Waals surface area contributed by atoms with Crippen molar-refractivity contribution in [3.8, 4) is 5.75 Å². The maximum absolute atomic E-state index is 12.4. The third-order valence-corrected chi connectivity index (χ3v) is 3.92. The zero-order valence-electron chi connectivity index (χ0n) is 12.8. The number of benzene rings is 1. The van der Waals surface area contributed by atoms with E-state index in [2.05, 4.69) is 15.4 Å². The van der Waals surface area contributed by atoms with Crippen LogP contribution in [-0.2, 0) is 9.53 Å². The Balaban J connectivity index is 0.00000192. The number of esters is 1. The van der Waals surface area contributed by atoms with Crippen LogP contribution in [-0.4, -0.2) is 37.8 Å². The van der Waals surface area contributed by atoms with Crippen molar-refractivity contribution in [3.63, 3.8) is 0 Å². The Labute approximate surface area is 140 Å². The molecule has 1 spiro atoms. The van der Waals surface area contributed by atoms with E-state index in [1.54, 1.807) is 18.2 Å². The number of hydrogen-bond donors (Lipinski definition) is 2. The average Bonchev–Trinajstić information content (AvgIpc) is 2.53. The predicted octanol–water partition coefficient (Wildman–Crippen LogP) is 1.50. The van der Waals surface area contributed by atoms with Crippen LogP contribution in [0.15, 0.2) is 24.3 Å². The lowest BCUT2D eigenvalue weighted by Gasteiger charge is -2.41. The SMILES string of the molecule is COC(=O)C=Cc1ccc2c(c1)C(=O)NC1(CCNCC1)O2.Cl. The lowest BCUT2D eigenvalue weighted by molar-refractivity contribution is -0.134. The maximum Gasteiger partial charge on any atom is 0.330 e. The summed E-state index contributed by atoms with van der Waals surface area (Å²) in [4.78, 5) is 23.5. The van der Waals surface area contributed by atoms with E-state index in [4.69, 9.17) is 4.74 Å². The van der Waals surface area contributed by atoms with Crippen molar-refractivity contribution in [3.05, 3.63) is 35.4 Å². The fourth-order valence-corrected chi connectivity index (χ4v) is 2.72. The first-order chi connectivity index (χ1) is 10.6. The van der Waals surface area contributed by atoms with Crippen molar-refractivity contribution < 1.29 is 19.1 Å². The van der Waals surface area contributed by atoms with Gasteiger partial charge in [-0.05, 0) is 23.8 Å². The smallest absolute Gasteiger partial charge is 0.330 e. The van der Waals surface area contributed by atoms with E-state index in [-0.39, 0.29) is 18.3 Å². The van der Waals surface area contributed by atoms with Crippen LogP contribution in [0.2, 0.25) is 0 Å². The molecule has 1 aromatic rings. The third kappa shape index (κ3) is 3.65. The van der Waals surface area contributed by atoms with Gasteiger partial charge in [0.25, 0.3) is 5.91 Å². The van der Waals surface area contributed by atoms with Crippen molar-refractivity contribution in [2.45, 2.75) is 18.6 Å². The van der Waals surface area contributed by atoms with Gasteiger partial charge >= 0.3 is 5.97 Å². The first-order valence-electron chi connectivity index (χ1n) is 7.24. The van der Waals surface area contributed by atoms with Crippen LogP contribution in [0.5, 0.6) is 5.75 Å². The normalized spacial score (nSPS) is 18.6. The van der Waals surface area contributed by atoms with E-state index in [9.17, 15) is 9.59 Å². The molecule has 2 aliphatic heterocycles. The zero-order chi connectivity index (χ0) is 15.6. The van der Waals surface area contributed by atoms with Crippen LogP contribution in [0.3, 0.4) is 0 Å². The van der Waals surface area contributed by atoms with Gasteiger partial charge in [-0.3, -0.25) is 4.79 Å². The number of carbonyl (C=O) groups is 2. The van der Waals surface area contributed by atoms with Crippen LogP contribution in [0.25, 0.3) is 6.08 Å². The minimum absolute atomic E-state index is 0. The van der Waals surface area contributed by atoms with Crippen molar-refractivity contribution in [1.29, 1.82) is 0 Å². The number of hydrogen-bond acceptors (Lipinski definition) is 5. The van der Waals surface area contributed by atoms with Crippen molar-refractivity contribution >= 4 is 30.4 Å². The molecule has 3 rings (SSSR count). The summed E-state index contributed by atoms with van der Waals surface area (Å²) in [6.07, 6.45) is 4.40. The number of fused-ring (bicyclic) bond motifs is 1. The second kappa shape index (κ2) is 7.02.